The second-order valence-corrected chi connectivity index (χ2v) is 9.29. The average Bonchev–Trinajstić information content (AvgIpc) is 3.22. The molecule has 5 heteroatoms. The zero-order valence-corrected chi connectivity index (χ0v) is 21.3. The van der Waals surface area contributed by atoms with Gasteiger partial charge in [0.25, 0.3) is 0 Å². The lowest BCUT2D eigenvalue weighted by atomic mass is 9.97. The fraction of sp³-hybridized carbons (Fsp3) is 0.250. The number of ether oxygens (including phenoxy) is 2. The van der Waals surface area contributed by atoms with Gasteiger partial charge in [0.2, 0.25) is 0 Å². The summed E-state index contributed by atoms with van der Waals surface area (Å²) in [6.07, 6.45) is 0.817. The Hall–Kier alpha value is -2.80. The summed E-state index contributed by atoms with van der Waals surface area (Å²) >= 11 is 2.32. The van der Waals surface area contributed by atoms with E-state index in [1.165, 1.54) is 0 Å². The van der Waals surface area contributed by atoms with Crippen LogP contribution in [-0.4, -0.2) is 5.16 Å². The molecule has 0 N–H and O–H groups in total. The maximum absolute atomic E-state index is 6.33. The van der Waals surface area contributed by atoms with E-state index in [1.54, 1.807) is 0 Å². The molecular weight excluding hydrogens is 525 g/mol. The van der Waals surface area contributed by atoms with Gasteiger partial charge >= 0.3 is 0 Å². The first-order valence-corrected chi connectivity index (χ1v) is 12.3. The van der Waals surface area contributed by atoms with Gasteiger partial charge in [-0.15, -0.1) is 0 Å². The SMILES string of the molecule is CCc1noc(-c2cc(C(C)C)c(OCc3ccccc3)cc2OCc2ccccc2)c1I. The van der Waals surface area contributed by atoms with Crippen LogP contribution in [-0.2, 0) is 19.6 Å². The molecule has 0 aliphatic carbocycles. The molecule has 4 rings (SSSR count). The molecule has 0 amide bonds. The molecule has 0 spiro atoms. The normalized spacial score (nSPS) is 11.1. The summed E-state index contributed by atoms with van der Waals surface area (Å²) in [5.74, 6) is 2.56. The summed E-state index contributed by atoms with van der Waals surface area (Å²) in [6.45, 7) is 7.37. The predicted octanol–water partition coefficient (Wildman–Crippen LogP) is 7.79. The van der Waals surface area contributed by atoms with Gasteiger partial charge in [-0.3, -0.25) is 0 Å². The Morgan fingerprint density at radius 3 is 1.94 bits per heavy atom. The molecule has 0 radical (unpaired) electrons. The topological polar surface area (TPSA) is 44.5 Å². The summed E-state index contributed by atoms with van der Waals surface area (Å²) in [5, 5.41) is 4.27. The van der Waals surface area contributed by atoms with Crippen LogP contribution in [0.15, 0.2) is 77.3 Å². The molecule has 0 unspecified atom stereocenters. The lowest BCUT2D eigenvalue weighted by Gasteiger charge is -2.19. The Morgan fingerprint density at radius 1 is 0.848 bits per heavy atom. The summed E-state index contributed by atoms with van der Waals surface area (Å²) in [5.41, 5.74) is 5.19. The first-order valence-electron chi connectivity index (χ1n) is 11.2. The third kappa shape index (κ3) is 5.58. The molecule has 4 aromatic rings. The Kier molecular flexibility index (Phi) is 7.70. The largest absolute Gasteiger partial charge is 0.488 e. The van der Waals surface area contributed by atoms with Crippen LogP contribution < -0.4 is 9.47 Å². The van der Waals surface area contributed by atoms with Crippen LogP contribution in [0, 0.1) is 3.57 Å². The van der Waals surface area contributed by atoms with Gasteiger partial charge in [-0.25, -0.2) is 0 Å². The van der Waals surface area contributed by atoms with E-state index in [2.05, 4.69) is 78.9 Å². The molecule has 4 nitrogen and oxygen atoms in total. The number of aromatic nitrogens is 1. The smallest absolute Gasteiger partial charge is 0.184 e. The Balaban J connectivity index is 1.74. The van der Waals surface area contributed by atoms with Crippen molar-refractivity contribution in [2.75, 3.05) is 0 Å². The van der Waals surface area contributed by atoms with Gasteiger partial charge in [0.1, 0.15) is 24.7 Å². The van der Waals surface area contributed by atoms with Crippen molar-refractivity contribution >= 4 is 22.6 Å². The maximum atomic E-state index is 6.33. The lowest BCUT2D eigenvalue weighted by Crippen LogP contribution is -2.03. The highest BCUT2D eigenvalue weighted by Gasteiger charge is 2.22. The highest BCUT2D eigenvalue weighted by molar-refractivity contribution is 14.1. The fourth-order valence-corrected chi connectivity index (χ4v) is 4.49. The number of hydrogen-bond acceptors (Lipinski definition) is 4. The standard InChI is InChI=1S/C28H28INO3/c1-4-24-27(29)28(33-30-24)23-15-22(19(2)3)25(31-17-20-11-7-5-8-12-20)16-26(23)32-18-21-13-9-6-10-14-21/h5-16,19H,4,17-18H2,1-3H3. The molecule has 0 fully saturated rings. The number of halogens is 1. The number of nitrogens with zero attached hydrogens (tertiary/aromatic N) is 1. The van der Waals surface area contributed by atoms with E-state index in [4.69, 9.17) is 14.0 Å². The van der Waals surface area contributed by atoms with E-state index in [-0.39, 0.29) is 5.92 Å². The van der Waals surface area contributed by atoms with Gasteiger partial charge in [-0.2, -0.15) is 0 Å². The number of hydrogen-bond donors (Lipinski definition) is 0. The number of benzene rings is 3. The molecule has 3 aromatic carbocycles. The third-order valence-electron chi connectivity index (χ3n) is 5.49. The van der Waals surface area contributed by atoms with Crippen molar-refractivity contribution in [2.45, 2.75) is 46.3 Å². The summed E-state index contributed by atoms with van der Waals surface area (Å²) in [7, 11) is 0. The fourth-order valence-electron chi connectivity index (χ4n) is 3.62. The highest BCUT2D eigenvalue weighted by atomic mass is 127. The quantitative estimate of drug-likeness (QED) is 0.199. The van der Waals surface area contributed by atoms with E-state index in [1.807, 2.05) is 42.5 Å². The monoisotopic (exact) mass is 553 g/mol. The zero-order valence-electron chi connectivity index (χ0n) is 19.2. The third-order valence-corrected chi connectivity index (χ3v) is 6.60. The molecule has 0 aliphatic rings. The van der Waals surface area contributed by atoms with E-state index in [9.17, 15) is 0 Å². The van der Waals surface area contributed by atoms with E-state index in [0.717, 1.165) is 55.2 Å². The van der Waals surface area contributed by atoms with Crippen molar-refractivity contribution in [3.05, 3.63) is 98.8 Å². The van der Waals surface area contributed by atoms with Crippen molar-refractivity contribution in [1.82, 2.24) is 5.16 Å². The molecule has 0 aliphatic heterocycles. The van der Waals surface area contributed by atoms with Crippen molar-refractivity contribution in [3.63, 3.8) is 0 Å². The molecule has 0 bridgehead atoms. The second kappa shape index (κ2) is 10.9. The summed E-state index contributed by atoms with van der Waals surface area (Å²) in [4.78, 5) is 0. The Morgan fingerprint density at radius 2 is 1.42 bits per heavy atom. The van der Waals surface area contributed by atoms with Crippen LogP contribution in [0.1, 0.15) is 49.1 Å². The van der Waals surface area contributed by atoms with E-state index < -0.39 is 0 Å². The zero-order chi connectivity index (χ0) is 23.2. The van der Waals surface area contributed by atoms with Crippen LogP contribution in [0.25, 0.3) is 11.3 Å². The maximum Gasteiger partial charge on any atom is 0.184 e. The molecule has 1 heterocycles. The molecule has 1 aromatic heterocycles. The average molecular weight is 553 g/mol. The Labute approximate surface area is 209 Å². The molecular formula is C28H28INO3. The van der Waals surface area contributed by atoms with Crippen molar-refractivity contribution in [1.29, 1.82) is 0 Å². The van der Waals surface area contributed by atoms with Crippen LogP contribution in [0.5, 0.6) is 11.5 Å². The second-order valence-electron chi connectivity index (χ2n) is 8.22. The van der Waals surface area contributed by atoms with E-state index >= 15 is 0 Å². The first-order chi connectivity index (χ1) is 16.1. The van der Waals surface area contributed by atoms with Gasteiger partial charge in [-0.1, -0.05) is 86.6 Å². The minimum atomic E-state index is 0.268. The minimum Gasteiger partial charge on any atom is -0.488 e. The molecule has 33 heavy (non-hydrogen) atoms. The molecule has 0 saturated carbocycles. The number of rotatable bonds is 9. The highest BCUT2D eigenvalue weighted by Crippen LogP contribution is 2.42. The van der Waals surface area contributed by atoms with Crippen LogP contribution in [0.3, 0.4) is 0 Å². The summed E-state index contributed by atoms with van der Waals surface area (Å²) in [6, 6.07) is 24.5. The van der Waals surface area contributed by atoms with Gasteiger partial charge in [0, 0.05) is 6.07 Å². The van der Waals surface area contributed by atoms with Crippen molar-refractivity contribution < 1.29 is 14.0 Å². The van der Waals surface area contributed by atoms with Gasteiger partial charge in [-0.05, 0) is 57.7 Å². The van der Waals surface area contributed by atoms with Crippen LogP contribution in [0.2, 0.25) is 0 Å². The van der Waals surface area contributed by atoms with Crippen molar-refractivity contribution in [3.8, 4) is 22.8 Å². The lowest BCUT2D eigenvalue weighted by molar-refractivity contribution is 0.287. The Bertz CT molecular complexity index is 1190. The van der Waals surface area contributed by atoms with Crippen molar-refractivity contribution in [2.24, 2.45) is 0 Å². The van der Waals surface area contributed by atoms with Gasteiger partial charge in [0.05, 0.1) is 14.8 Å². The van der Waals surface area contributed by atoms with Gasteiger partial charge in [0.15, 0.2) is 5.76 Å². The predicted molar refractivity (Wildman–Crippen MR) is 140 cm³/mol. The number of aryl methyl sites for hydroxylation is 1. The minimum absolute atomic E-state index is 0.268. The van der Waals surface area contributed by atoms with E-state index in [0.29, 0.717) is 13.2 Å². The molecule has 0 atom stereocenters. The van der Waals surface area contributed by atoms with Crippen LogP contribution in [0.4, 0.5) is 0 Å². The molecule has 170 valence electrons. The summed E-state index contributed by atoms with van der Waals surface area (Å²) < 4.78 is 19.4. The molecule has 0 saturated heterocycles. The van der Waals surface area contributed by atoms with Gasteiger partial charge < -0.3 is 14.0 Å². The first kappa shape index (κ1) is 23.4. The van der Waals surface area contributed by atoms with Crippen LogP contribution >= 0.6 is 22.6 Å².